The zero-order valence-electron chi connectivity index (χ0n) is 17.9. The minimum atomic E-state index is -2.17. The van der Waals surface area contributed by atoms with Crippen LogP contribution >= 0.6 is 0 Å². The van der Waals surface area contributed by atoms with Crippen LogP contribution in [-0.2, 0) is 26.5 Å². The van der Waals surface area contributed by atoms with Crippen molar-refractivity contribution in [1.82, 2.24) is 4.98 Å². The molecule has 1 aromatic heterocycles. The van der Waals surface area contributed by atoms with Crippen molar-refractivity contribution in [2.45, 2.75) is 53.7 Å². The van der Waals surface area contributed by atoms with Gasteiger partial charge < -0.3 is 4.98 Å². The fourth-order valence-corrected chi connectivity index (χ4v) is 4.25. The van der Waals surface area contributed by atoms with E-state index in [0.717, 1.165) is 6.42 Å². The van der Waals surface area contributed by atoms with Gasteiger partial charge in [0.15, 0.2) is 0 Å². The first kappa shape index (κ1) is 15.7. The molecule has 0 fully saturated rings. The number of aryl methyl sites for hydroxylation is 1. The van der Waals surface area contributed by atoms with Gasteiger partial charge in [-0.25, -0.2) is 0 Å². The second-order valence-corrected chi connectivity index (χ2v) is 13.2. The van der Waals surface area contributed by atoms with Crippen LogP contribution in [0.1, 0.15) is 36.0 Å². The molecule has 2 rings (SSSR count). The second kappa shape index (κ2) is 7.42. The van der Waals surface area contributed by atoms with Crippen LogP contribution in [0.5, 0.6) is 0 Å². The summed E-state index contributed by atoms with van der Waals surface area (Å²) in [5.74, 6) is 0. The number of hydrogen-bond donors (Lipinski definition) is 0. The van der Waals surface area contributed by atoms with Crippen LogP contribution in [0.15, 0.2) is 30.5 Å². The van der Waals surface area contributed by atoms with E-state index in [0.29, 0.717) is 16.8 Å². The molecule has 1 nitrogen and oxygen atoms in total. The van der Waals surface area contributed by atoms with Gasteiger partial charge in [-0.3, -0.25) is 0 Å². The fourth-order valence-electron chi connectivity index (χ4n) is 2.68. The van der Waals surface area contributed by atoms with Crippen molar-refractivity contribution in [1.29, 1.82) is 0 Å². The summed E-state index contributed by atoms with van der Waals surface area (Å²) >= 11 is 0. The zero-order chi connectivity index (χ0) is 19.0. The van der Waals surface area contributed by atoms with E-state index in [1.165, 1.54) is 10.8 Å². The molecule has 1 radical (unpaired) electrons. The summed E-state index contributed by atoms with van der Waals surface area (Å²) in [5, 5.41) is 1.34. The molecule has 23 heavy (non-hydrogen) atoms. The number of pyridine rings is 1. The molecule has 0 N–H and O–H groups in total. The molecule has 127 valence electrons. The van der Waals surface area contributed by atoms with Gasteiger partial charge in [0, 0.05) is 30.4 Å². The largest absolute Gasteiger partial charge is 0.305 e. The van der Waals surface area contributed by atoms with E-state index in [4.69, 9.17) is 4.11 Å². The maximum Gasteiger partial charge on any atom is 0.0798 e. The summed E-state index contributed by atoms with van der Waals surface area (Å²) in [6, 6.07) is 10.3. The van der Waals surface area contributed by atoms with Gasteiger partial charge in [-0.15, -0.1) is 35.4 Å². The van der Waals surface area contributed by atoms with Gasteiger partial charge in [-0.1, -0.05) is 58.9 Å². The first-order chi connectivity index (χ1) is 11.3. The Hall–Kier alpha value is -0.764. The van der Waals surface area contributed by atoms with Crippen molar-refractivity contribution < 1.29 is 24.2 Å². The third kappa shape index (κ3) is 5.37. The van der Waals surface area contributed by atoms with E-state index in [1.807, 2.05) is 6.20 Å². The Morgan fingerprint density at radius 2 is 1.96 bits per heavy atom. The predicted octanol–water partition coefficient (Wildman–Crippen LogP) is 4.99. The molecule has 0 unspecified atom stereocenters. The van der Waals surface area contributed by atoms with Gasteiger partial charge >= 0.3 is 0 Å². The van der Waals surface area contributed by atoms with Gasteiger partial charge in [-0.05, 0) is 22.7 Å². The van der Waals surface area contributed by atoms with Crippen molar-refractivity contribution in [3.63, 3.8) is 0 Å². The van der Waals surface area contributed by atoms with Crippen LogP contribution in [0.4, 0.5) is 0 Å². The Kier molecular flexibility index (Phi) is 5.08. The second-order valence-electron chi connectivity index (χ2n) is 8.17. The third-order valence-electron chi connectivity index (χ3n) is 3.63. The van der Waals surface area contributed by atoms with Crippen molar-refractivity contribution in [3.05, 3.63) is 47.7 Å². The van der Waals surface area contributed by atoms with Crippen LogP contribution in [0, 0.1) is 18.3 Å². The number of hydrogen-bond acceptors (Lipinski definition) is 1. The van der Waals surface area contributed by atoms with Crippen LogP contribution in [0.3, 0.4) is 0 Å². The molecule has 3 heteroatoms. The van der Waals surface area contributed by atoms with Crippen LogP contribution < -0.4 is 5.19 Å². The average molecular weight is 506 g/mol. The molecule has 0 bridgehead atoms. The monoisotopic (exact) mass is 506 g/mol. The summed E-state index contributed by atoms with van der Waals surface area (Å²) in [6.45, 7) is 11.5. The molecular weight excluding hydrogens is 475 g/mol. The topological polar surface area (TPSA) is 12.9 Å². The Morgan fingerprint density at radius 1 is 1.26 bits per heavy atom. The molecule has 0 aliphatic rings. The zero-order valence-corrected chi connectivity index (χ0v) is 18.3. The number of aromatic nitrogens is 1. The Bertz CT molecular complexity index is 759. The molecule has 0 saturated heterocycles. The standard InChI is InChI=1S/C20H28NSi.Ir/c1-15-10-8-9-11-17(15)18-12-16(13-20(2,3)4)19(14-21-18)22(5,6)7;/h8-10,12,14H,13H2,1-7H3;/q-1;/i1D3;. The molecule has 1 aromatic carbocycles. The maximum absolute atomic E-state index is 7.79. The van der Waals surface area contributed by atoms with E-state index < -0.39 is 14.9 Å². The molecule has 2 aromatic rings. The Labute approximate surface area is 160 Å². The number of nitrogens with zero attached hydrogens (tertiary/aromatic N) is 1. The Morgan fingerprint density at radius 3 is 2.52 bits per heavy atom. The molecule has 0 aliphatic heterocycles. The summed E-state index contributed by atoms with van der Waals surface area (Å²) in [6.07, 6.45) is 2.91. The van der Waals surface area contributed by atoms with Crippen molar-refractivity contribution in [3.8, 4) is 11.3 Å². The van der Waals surface area contributed by atoms with Gasteiger partial charge in [0.1, 0.15) is 0 Å². The van der Waals surface area contributed by atoms with Gasteiger partial charge in [0.05, 0.1) is 8.07 Å². The SMILES string of the molecule is [2H]C([2H])([2H])c1ccc[c-]c1-c1cc(CC(C)(C)C)c([Si](C)(C)C)cn1.[Ir]. The summed E-state index contributed by atoms with van der Waals surface area (Å²) in [7, 11) is -1.54. The molecule has 1 heterocycles. The first-order valence-corrected chi connectivity index (χ1v) is 11.3. The maximum atomic E-state index is 7.79. The number of benzene rings is 1. The minimum Gasteiger partial charge on any atom is -0.305 e. The third-order valence-corrected chi connectivity index (χ3v) is 5.70. The van der Waals surface area contributed by atoms with Gasteiger partial charge in [-0.2, -0.15) is 0 Å². The molecule has 0 atom stereocenters. The van der Waals surface area contributed by atoms with E-state index >= 15 is 0 Å². The van der Waals surface area contributed by atoms with E-state index in [1.54, 1.807) is 18.2 Å². The number of rotatable bonds is 3. The summed E-state index contributed by atoms with van der Waals surface area (Å²) in [4.78, 5) is 4.63. The normalized spacial score (nSPS) is 14.4. The molecule has 0 spiro atoms. The first-order valence-electron chi connectivity index (χ1n) is 9.30. The summed E-state index contributed by atoms with van der Waals surface area (Å²) < 4.78 is 23.4. The van der Waals surface area contributed by atoms with Crippen LogP contribution in [-0.4, -0.2) is 13.1 Å². The van der Waals surface area contributed by atoms with E-state index in [9.17, 15) is 0 Å². The Balaban J connectivity index is 0.00000338. The van der Waals surface area contributed by atoms with E-state index in [2.05, 4.69) is 57.5 Å². The average Bonchev–Trinajstić information content (AvgIpc) is 2.43. The quantitative estimate of drug-likeness (QED) is 0.423. The smallest absolute Gasteiger partial charge is 0.0798 e. The van der Waals surface area contributed by atoms with Crippen LogP contribution in [0.2, 0.25) is 19.6 Å². The minimum absolute atomic E-state index is 0. The van der Waals surface area contributed by atoms with Crippen molar-refractivity contribution in [2.24, 2.45) is 5.41 Å². The molecule has 0 saturated carbocycles. The molecule has 0 amide bonds. The molecular formula is C20H28IrNSi-. The predicted molar refractivity (Wildman–Crippen MR) is 99.4 cm³/mol. The van der Waals surface area contributed by atoms with E-state index in [-0.39, 0.29) is 25.5 Å². The van der Waals surface area contributed by atoms with Gasteiger partial charge in [0.25, 0.3) is 0 Å². The molecule has 0 aliphatic carbocycles. The van der Waals surface area contributed by atoms with Crippen LogP contribution in [0.25, 0.3) is 11.3 Å². The van der Waals surface area contributed by atoms with Crippen molar-refractivity contribution in [2.75, 3.05) is 0 Å². The van der Waals surface area contributed by atoms with Gasteiger partial charge in [0.2, 0.25) is 0 Å². The summed E-state index contributed by atoms with van der Waals surface area (Å²) in [5.41, 5.74) is 3.03. The van der Waals surface area contributed by atoms with Crippen molar-refractivity contribution >= 4 is 13.3 Å². The fraction of sp³-hybridized carbons (Fsp3) is 0.450.